The van der Waals surface area contributed by atoms with Gasteiger partial charge in [0, 0.05) is 13.1 Å². The third-order valence-corrected chi connectivity index (χ3v) is 4.00. The molecule has 4 nitrogen and oxygen atoms in total. The van der Waals surface area contributed by atoms with Gasteiger partial charge in [-0.25, -0.2) is 0 Å². The van der Waals surface area contributed by atoms with Gasteiger partial charge in [-0.1, -0.05) is 25.0 Å². The Morgan fingerprint density at radius 3 is 2.30 bits per heavy atom. The van der Waals surface area contributed by atoms with Crippen LogP contribution in [0.4, 0.5) is 0 Å². The predicted molar refractivity (Wildman–Crippen MR) is 76.0 cm³/mol. The van der Waals surface area contributed by atoms with Gasteiger partial charge in [0.2, 0.25) is 6.10 Å². The smallest absolute Gasteiger partial charge is 0.267 e. The van der Waals surface area contributed by atoms with E-state index in [1.165, 1.54) is 12.8 Å². The van der Waals surface area contributed by atoms with Crippen LogP contribution in [-0.4, -0.2) is 36.1 Å². The van der Waals surface area contributed by atoms with E-state index in [0.29, 0.717) is 5.75 Å². The molecule has 2 aliphatic heterocycles. The molecule has 0 spiro atoms. The zero-order valence-corrected chi connectivity index (χ0v) is 11.9. The molecule has 0 bridgehead atoms. The molecule has 1 aromatic rings. The third kappa shape index (κ3) is 2.60. The lowest BCUT2D eigenvalue weighted by Crippen LogP contribution is -2.50. The van der Waals surface area contributed by atoms with Crippen molar-refractivity contribution in [1.82, 2.24) is 4.90 Å². The van der Waals surface area contributed by atoms with Crippen LogP contribution in [0.3, 0.4) is 0 Å². The molecule has 2 heterocycles. The molecule has 1 aromatic carbocycles. The number of hydrogen-bond donors (Lipinski definition) is 0. The number of likely N-dealkylation sites (tertiary alicyclic amines) is 1. The molecular formula is C16H21NO3. The summed E-state index contributed by atoms with van der Waals surface area (Å²) in [6.07, 6.45) is 3.83. The fraction of sp³-hybridized carbons (Fsp3) is 0.562. The van der Waals surface area contributed by atoms with Crippen molar-refractivity contribution in [1.29, 1.82) is 0 Å². The van der Waals surface area contributed by atoms with Crippen molar-refractivity contribution >= 4 is 5.91 Å². The van der Waals surface area contributed by atoms with Gasteiger partial charge in [-0.15, -0.1) is 0 Å². The largest absolute Gasteiger partial charge is 0.482 e. The Kier molecular flexibility index (Phi) is 3.81. The molecule has 1 fully saturated rings. The Hall–Kier alpha value is -1.71. The number of para-hydroxylation sites is 2. The Balaban J connectivity index is 1.75. The highest BCUT2D eigenvalue weighted by molar-refractivity contribution is 5.82. The molecule has 20 heavy (non-hydrogen) atoms. The van der Waals surface area contributed by atoms with Crippen LogP contribution in [0.1, 0.15) is 32.6 Å². The molecule has 3 rings (SSSR count). The number of carbonyl (C=O) groups is 1. The molecule has 0 saturated carbocycles. The molecule has 0 aliphatic carbocycles. The van der Waals surface area contributed by atoms with Gasteiger partial charge in [0.05, 0.1) is 0 Å². The van der Waals surface area contributed by atoms with E-state index in [0.717, 1.165) is 31.7 Å². The molecule has 1 amide bonds. The topological polar surface area (TPSA) is 38.8 Å². The van der Waals surface area contributed by atoms with E-state index in [9.17, 15) is 4.79 Å². The van der Waals surface area contributed by atoms with Crippen LogP contribution in [0.2, 0.25) is 0 Å². The third-order valence-electron chi connectivity index (χ3n) is 4.00. The van der Waals surface area contributed by atoms with E-state index >= 15 is 0 Å². The lowest BCUT2D eigenvalue weighted by atomic mass is 10.1. The lowest BCUT2D eigenvalue weighted by molar-refractivity contribution is -0.144. The zero-order valence-electron chi connectivity index (χ0n) is 11.9. The summed E-state index contributed by atoms with van der Waals surface area (Å²) in [5, 5.41) is 0. The van der Waals surface area contributed by atoms with Crippen molar-refractivity contribution in [2.24, 2.45) is 0 Å². The van der Waals surface area contributed by atoms with E-state index in [1.54, 1.807) is 0 Å². The van der Waals surface area contributed by atoms with Gasteiger partial charge in [0.25, 0.3) is 5.91 Å². The maximum atomic E-state index is 12.6. The summed E-state index contributed by atoms with van der Waals surface area (Å²) < 4.78 is 11.7. The standard InChI is InChI=1S/C16H21NO3/c1-12-15(16(18)17-10-6-2-3-7-11-17)20-14-9-5-4-8-13(14)19-12/h4-5,8-9,12,15H,2-3,6-7,10-11H2,1H3/t12-,15+/m0/s1. The van der Waals surface area contributed by atoms with E-state index in [1.807, 2.05) is 36.1 Å². The quantitative estimate of drug-likeness (QED) is 0.791. The molecule has 0 N–H and O–H groups in total. The van der Waals surface area contributed by atoms with Gasteiger partial charge in [-0.2, -0.15) is 0 Å². The summed E-state index contributed by atoms with van der Waals surface area (Å²) in [6.45, 7) is 3.58. The van der Waals surface area contributed by atoms with E-state index in [-0.39, 0.29) is 12.0 Å². The van der Waals surface area contributed by atoms with Crippen LogP contribution in [0.25, 0.3) is 0 Å². The normalized spacial score (nSPS) is 25.9. The SMILES string of the molecule is C[C@@H]1Oc2ccccc2O[C@H]1C(=O)N1CCCCCC1. The Morgan fingerprint density at radius 1 is 1.05 bits per heavy atom. The highest BCUT2D eigenvalue weighted by atomic mass is 16.6. The molecular weight excluding hydrogens is 254 g/mol. The number of nitrogens with zero attached hydrogens (tertiary/aromatic N) is 1. The number of carbonyl (C=O) groups excluding carboxylic acids is 1. The van der Waals surface area contributed by atoms with Gasteiger partial charge < -0.3 is 14.4 Å². The monoisotopic (exact) mass is 275 g/mol. The average Bonchev–Trinajstić information content (AvgIpc) is 2.75. The summed E-state index contributed by atoms with van der Waals surface area (Å²) in [5.74, 6) is 1.45. The summed E-state index contributed by atoms with van der Waals surface area (Å²) in [7, 11) is 0. The summed E-state index contributed by atoms with van der Waals surface area (Å²) in [6, 6.07) is 7.53. The molecule has 108 valence electrons. The van der Waals surface area contributed by atoms with Crippen LogP contribution < -0.4 is 9.47 Å². The first-order valence-electron chi connectivity index (χ1n) is 7.47. The Labute approximate surface area is 119 Å². The maximum Gasteiger partial charge on any atom is 0.267 e. The van der Waals surface area contributed by atoms with Crippen LogP contribution >= 0.6 is 0 Å². The van der Waals surface area contributed by atoms with E-state index in [4.69, 9.17) is 9.47 Å². The second-order valence-electron chi connectivity index (χ2n) is 5.55. The molecule has 2 aliphatic rings. The summed E-state index contributed by atoms with van der Waals surface area (Å²) in [5.41, 5.74) is 0. The molecule has 1 saturated heterocycles. The van der Waals surface area contributed by atoms with Crippen molar-refractivity contribution in [3.05, 3.63) is 24.3 Å². The highest BCUT2D eigenvalue weighted by Gasteiger charge is 2.36. The number of benzene rings is 1. The Bertz CT molecular complexity index is 480. The minimum atomic E-state index is -0.525. The van der Waals surface area contributed by atoms with Crippen molar-refractivity contribution in [3.8, 4) is 11.5 Å². The number of hydrogen-bond acceptors (Lipinski definition) is 3. The lowest BCUT2D eigenvalue weighted by Gasteiger charge is -2.34. The highest BCUT2D eigenvalue weighted by Crippen LogP contribution is 2.34. The first-order chi connectivity index (χ1) is 9.75. The number of amides is 1. The van der Waals surface area contributed by atoms with Crippen molar-refractivity contribution in [2.45, 2.75) is 44.8 Å². The summed E-state index contributed by atoms with van der Waals surface area (Å²) in [4.78, 5) is 14.6. The molecule has 0 unspecified atom stereocenters. The average molecular weight is 275 g/mol. The van der Waals surface area contributed by atoms with Gasteiger partial charge >= 0.3 is 0 Å². The van der Waals surface area contributed by atoms with Crippen molar-refractivity contribution in [2.75, 3.05) is 13.1 Å². The van der Waals surface area contributed by atoms with Gasteiger partial charge in [-0.3, -0.25) is 4.79 Å². The fourth-order valence-corrected chi connectivity index (χ4v) is 2.86. The maximum absolute atomic E-state index is 12.6. The predicted octanol–water partition coefficient (Wildman–Crippen LogP) is 2.62. The van der Waals surface area contributed by atoms with Crippen LogP contribution in [-0.2, 0) is 4.79 Å². The minimum Gasteiger partial charge on any atom is -0.482 e. The van der Waals surface area contributed by atoms with Gasteiger partial charge in [-0.05, 0) is 31.9 Å². The van der Waals surface area contributed by atoms with Crippen LogP contribution in [0.15, 0.2) is 24.3 Å². The van der Waals surface area contributed by atoms with E-state index in [2.05, 4.69) is 0 Å². The number of fused-ring (bicyclic) bond motifs is 1. The molecule has 2 atom stereocenters. The van der Waals surface area contributed by atoms with Gasteiger partial charge in [0.15, 0.2) is 11.5 Å². The van der Waals surface area contributed by atoms with E-state index < -0.39 is 6.10 Å². The first-order valence-corrected chi connectivity index (χ1v) is 7.47. The van der Waals surface area contributed by atoms with Gasteiger partial charge in [0.1, 0.15) is 6.10 Å². The first kappa shape index (κ1) is 13.3. The minimum absolute atomic E-state index is 0.0638. The Morgan fingerprint density at radius 2 is 1.65 bits per heavy atom. The fourth-order valence-electron chi connectivity index (χ4n) is 2.86. The second-order valence-corrected chi connectivity index (χ2v) is 5.55. The van der Waals surface area contributed by atoms with Crippen LogP contribution in [0.5, 0.6) is 11.5 Å². The zero-order chi connectivity index (χ0) is 13.9. The van der Waals surface area contributed by atoms with Crippen molar-refractivity contribution in [3.63, 3.8) is 0 Å². The number of ether oxygens (including phenoxy) is 2. The molecule has 0 aromatic heterocycles. The molecule has 4 heteroatoms. The van der Waals surface area contributed by atoms with Crippen molar-refractivity contribution < 1.29 is 14.3 Å². The molecule has 0 radical (unpaired) electrons. The summed E-state index contributed by atoms with van der Waals surface area (Å²) >= 11 is 0. The van der Waals surface area contributed by atoms with Crippen LogP contribution in [0, 0.1) is 0 Å². The second kappa shape index (κ2) is 5.73. The number of rotatable bonds is 1.